The van der Waals surface area contributed by atoms with E-state index < -0.39 is 0 Å². The maximum Gasteiger partial charge on any atom is 0.116 e. The number of thiocarbonyl (C=S) groups is 1. The average molecular weight is 711 g/mol. The molecule has 2 unspecified atom stereocenters. The average Bonchev–Trinajstić information content (AvgIpc) is 3.71. The van der Waals surface area contributed by atoms with Crippen molar-refractivity contribution in [2.45, 2.75) is 12.0 Å². The molecule has 2 aliphatic heterocycles. The topological polar surface area (TPSA) is 14.7 Å². The van der Waals surface area contributed by atoms with E-state index in [0.29, 0.717) is 0 Å². The maximum atomic E-state index is 6.49. The molecule has 0 radical (unpaired) electrons. The molecule has 3 heterocycles. The van der Waals surface area contributed by atoms with Crippen LogP contribution in [0.15, 0.2) is 188 Å². The second kappa shape index (κ2) is 12.2. The molecule has 0 spiro atoms. The molecule has 7 aromatic carbocycles. The van der Waals surface area contributed by atoms with Crippen molar-refractivity contribution in [2.75, 3.05) is 14.7 Å². The van der Waals surface area contributed by atoms with Crippen LogP contribution in [0.3, 0.4) is 0 Å². The van der Waals surface area contributed by atoms with Gasteiger partial charge in [-0.25, -0.2) is 0 Å². The summed E-state index contributed by atoms with van der Waals surface area (Å²) >= 11 is 6.49. The lowest BCUT2D eigenvalue weighted by molar-refractivity contribution is 0.653. The molecule has 5 heteroatoms. The second-order valence-corrected chi connectivity index (χ2v) is 14.5. The van der Waals surface area contributed by atoms with Crippen LogP contribution < -0.4 is 14.7 Å². The SMILES string of the molecule is S=C1c2ccccc2-n2c3c(c4cc(N(c5ccccc5)c5ccccc5)ccc42)C=CC2c4cc(N(c5ccccc5)c5ccccc5)ccc4N1C32. The number of benzene rings is 7. The molecule has 1 aromatic heterocycles. The number of fused-ring (bicyclic) bond motifs is 8. The van der Waals surface area contributed by atoms with Crippen molar-refractivity contribution in [1.82, 2.24) is 4.57 Å². The summed E-state index contributed by atoms with van der Waals surface area (Å²) in [7, 11) is 0. The van der Waals surface area contributed by atoms with Gasteiger partial charge in [0.15, 0.2) is 0 Å². The van der Waals surface area contributed by atoms with Gasteiger partial charge >= 0.3 is 0 Å². The molecule has 8 aromatic rings. The zero-order valence-corrected chi connectivity index (χ0v) is 30.1. The first-order chi connectivity index (χ1) is 26.7. The number of hydrogen-bond donors (Lipinski definition) is 0. The lowest BCUT2D eigenvalue weighted by atomic mass is 9.86. The van der Waals surface area contributed by atoms with E-state index >= 15 is 0 Å². The quantitative estimate of drug-likeness (QED) is 0.159. The molecule has 0 saturated carbocycles. The van der Waals surface area contributed by atoms with Gasteiger partial charge in [-0.1, -0.05) is 109 Å². The zero-order valence-electron chi connectivity index (χ0n) is 29.3. The molecule has 256 valence electrons. The molecular weight excluding hydrogens is 677 g/mol. The Morgan fingerprint density at radius 3 is 1.59 bits per heavy atom. The van der Waals surface area contributed by atoms with Crippen molar-refractivity contribution < 1.29 is 0 Å². The van der Waals surface area contributed by atoms with Gasteiger partial charge < -0.3 is 19.3 Å². The lowest BCUT2D eigenvalue weighted by Crippen LogP contribution is -2.32. The summed E-state index contributed by atoms with van der Waals surface area (Å²) in [5, 5.41) is 1.23. The number of hydrogen-bond acceptors (Lipinski definition) is 3. The van der Waals surface area contributed by atoms with E-state index in [-0.39, 0.29) is 12.0 Å². The first kappa shape index (κ1) is 30.9. The standard InChI is InChI=1S/C49H34N4S/c54-49-41-23-13-14-24-44(41)52-45-29-25-37(50(33-15-5-1-6-16-33)34-17-7-2-8-18-34)31-42(45)39-27-28-40-43-32-38(26-30-46(43)53(49)48(40)47(39)52)51(35-19-9-3-10-20-35)36-21-11-4-12-22-36/h1-32,40,48H. The fourth-order valence-electron chi connectivity index (χ4n) is 8.96. The van der Waals surface area contributed by atoms with E-state index in [0.717, 1.165) is 50.4 Å². The molecule has 0 amide bonds. The Labute approximate surface area is 320 Å². The molecule has 11 rings (SSSR count). The van der Waals surface area contributed by atoms with Gasteiger partial charge in [-0.2, -0.15) is 0 Å². The van der Waals surface area contributed by atoms with Crippen molar-refractivity contribution in [3.63, 3.8) is 0 Å². The molecule has 0 fully saturated rings. The van der Waals surface area contributed by atoms with Crippen LogP contribution in [0.4, 0.5) is 39.8 Å². The van der Waals surface area contributed by atoms with Crippen LogP contribution in [-0.4, -0.2) is 9.56 Å². The second-order valence-electron chi connectivity index (χ2n) is 14.1. The van der Waals surface area contributed by atoms with Crippen molar-refractivity contribution in [3.05, 3.63) is 210 Å². The Balaban J connectivity index is 1.12. The van der Waals surface area contributed by atoms with Crippen LogP contribution in [0, 0.1) is 0 Å². The Morgan fingerprint density at radius 1 is 0.481 bits per heavy atom. The maximum absolute atomic E-state index is 6.49. The fraction of sp³-hybridized carbons (Fsp3) is 0.0408. The third kappa shape index (κ3) is 4.58. The van der Waals surface area contributed by atoms with Gasteiger partial charge in [-0.3, -0.25) is 0 Å². The third-order valence-electron chi connectivity index (χ3n) is 11.2. The molecule has 0 saturated heterocycles. The summed E-state index contributed by atoms with van der Waals surface area (Å²) in [5.74, 6) is 0.112. The summed E-state index contributed by atoms with van der Waals surface area (Å²) in [6, 6.07) is 65.1. The van der Waals surface area contributed by atoms with Gasteiger partial charge in [0.25, 0.3) is 0 Å². The first-order valence-corrected chi connectivity index (χ1v) is 18.9. The lowest BCUT2D eigenvalue weighted by Gasteiger charge is -2.30. The van der Waals surface area contributed by atoms with Gasteiger partial charge in [0.2, 0.25) is 0 Å². The molecule has 2 atom stereocenters. The number of para-hydroxylation sites is 5. The highest BCUT2D eigenvalue weighted by Crippen LogP contribution is 2.58. The predicted octanol–water partition coefficient (Wildman–Crippen LogP) is 12.9. The van der Waals surface area contributed by atoms with Gasteiger partial charge in [0.05, 0.1) is 22.9 Å². The van der Waals surface area contributed by atoms with Crippen molar-refractivity contribution in [1.29, 1.82) is 0 Å². The third-order valence-corrected chi connectivity index (χ3v) is 11.6. The summed E-state index contributed by atoms with van der Waals surface area (Å²) in [5.41, 5.74) is 15.1. The molecule has 54 heavy (non-hydrogen) atoms. The van der Waals surface area contributed by atoms with Gasteiger partial charge in [-0.15, -0.1) is 0 Å². The first-order valence-electron chi connectivity index (χ1n) is 18.5. The highest BCUT2D eigenvalue weighted by molar-refractivity contribution is 7.81. The predicted molar refractivity (Wildman–Crippen MR) is 228 cm³/mol. The van der Waals surface area contributed by atoms with Crippen molar-refractivity contribution in [2.24, 2.45) is 0 Å². The minimum absolute atomic E-state index is 0.00671. The number of anilines is 7. The molecule has 1 aliphatic carbocycles. The summed E-state index contributed by atoms with van der Waals surface area (Å²) in [6.07, 6.45) is 4.80. The number of aromatic nitrogens is 1. The van der Waals surface area contributed by atoms with Crippen LogP contribution >= 0.6 is 12.2 Å². The van der Waals surface area contributed by atoms with Crippen LogP contribution in [0.25, 0.3) is 22.7 Å². The molecule has 0 N–H and O–H groups in total. The van der Waals surface area contributed by atoms with E-state index in [2.05, 4.69) is 213 Å². The van der Waals surface area contributed by atoms with Gasteiger partial charge in [-0.05, 0) is 103 Å². The van der Waals surface area contributed by atoms with Crippen LogP contribution in [0.5, 0.6) is 0 Å². The highest BCUT2D eigenvalue weighted by atomic mass is 32.1. The van der Waals surface area contributed by atoms with E-state index in [1.807, 2.05) is 0 Å². The number of rotatable bonds is 6. The summed E-state index contributed by atoms with van der Waals surface area (Å²) in [6.45, 7) is 0. The van der Waals surface area contributed by atoms with Gasteiger partial charge in [0.1, 0.15) is 4.99 Å². The number of nitrogens with zero attached hydrogens (tertiary/aromatic N) is 4. The van der Waals surface area contributed by atoms with Gasteiger partial charge in [0, 0.05) is 62.2 Å². The summed E-state index contributed by atoms with van der Waals surface area (Å²) < 4.78 is 2.50. The fourth-order valence-corrected chi connectivity index (χ4v) is 9.34. The zero-order chi connectivity index (χ0) is 35.8. The summed E-state index contributed by atoms with van der Waals surface area (Å²) in [4.78, 5) is 8.00. The Kier molecular flexibility index (Phi) is 6.97. The highest BCUT2D eigenvalue weighted by Gasteiger charge is 2.47. The van der Waals surface area contributed by atoms with E-state index in [1.54, 1.807) is 0 Å². The molecule has 4 nitrogen and oxygen atoms in total. The molecule has 0 bridgehead atoms. The van der Waals surface area contributed by atoms with E-state index in [4.69, 9.17) is 12.2 Å². The molecule has 3 aliphatic rings. The normalized spacial score (nSPS) is 16.1. The Bertz CT molecular complexity index is 2680. The van der Waals surface area contributed by atoms with Crippen LogP contribution in [0.1, 0.15) is 34.3 Å². The largest absolute Gasteiger partial charge is 0.322 e. The monoisotopic (exact) mass is 710 g/mol. The smallest absolute Gasteiger partial charge is 0.116 e. The Hall–Kier alpha value is -6.69. The van der Waals surface area contributed by atoms with Crippen molar-refractivity contribution >= 4 is 74.0 Å². The minimum Gasteiger partial charge on any atom is -0.322 e. The minimum atomic E-state index is 0.00671. The molecular formula is C49H34N4S. The van der Waals surface area contributed by atoms with Crippen molar-refractivity contribution in [3.8, 4) is 5.69 Å². The van der Waals surface area contributed by atoms with Crippen LogP contribution in [-0.2, 0) is 0 Å². The Morgan fingerprint density at radius 2 is 1.00 bits per heavy atom. The van der Waals surface area contributed by atoms with Crippen LogP contribution in [0.2, 0.25) is 0 Å². The van der Waals surface area contributed by atoms with E-state index in [1.165, 1.54) is 33.4 Å². The van der Waals surface area contributed by atoms with E-state index in [9.17, 15) is 0 Å².